The Kier molecular flexibility index (Phi) is 2.95. The van der Waals surface area contributed by atoms with Gasteiger partial charge in [0.15, 0.2) is 0 Å². The van der Waals surface area contributed by atoms with Gasteiger partial charge in [-0.15, -0.1) is 0 Å². The molecule has 3 heteroatoms. The molecule has 0 aliphatic heterocycles. The van der Waals surface area contributed by atoms with Gasteiger partial charge < -0.3 is 4.90 Å². The fourth-order valence-corrected chi connectivity index (χ4v) is 2.20. The van der Waals surface area contributed by atoms with Crippen LogP contribution in [0.1, 0.15) is 33.6 Å². The third-order valence-electron chi connectivity index (χ3n) is 3.14. The van der Waals surface area contributed by atoms with Crippen molar-refractivity contribution in [2.24, 2.45) is 5.41 Å². The van der Waals surface area contributed by atoms with E-state index in [0.29, 0.717) is 11.5 Å². The van der Waals surface area contributed by atoms with E-state index < -0.39 is 0 Å². The first-order valence-electron chi connectivity index (χ1n) is 4.81. The predicted octanol–water partition coefficient (Wildman–Crippen LogP) is 1.95. The van der Waals surface area contributed by atoms with Crippen LogP contribution in [0, 0.1) is 5.41 Å². The summed E-state index contributed by atoms with van der Waals surface area (Å²) in [5.41, 5.74) is 0.299. The van der Waals surface area contributed by atoms with Gasteiger partial charge in [0.1, 0.15) is 0 Å². The van der Waals surface area contributed by atoms with Crippen LogP contribution in [0.25, 0.3) is 0 Å². The molecule has 1 saturated carbocycles. The van der Waals surface area contributed by atoms with Crippen molar-refractivity contribution in [1.29, 1.82) is 0 Å². The summed E-state index contributed by atoms with van der Waals surface area (Å²) in [5, 5.41) is -0.179. The molecule has 2 atom stereocenters. The van der Waals surface area contributed by atoms with E-state index >= 15 is 0 Å². The highest BCUT2D eigenvalue weighted by molar-refractivity contribution is 7.81. The van der Waals surface area contributed by atoms with Gasteiger partial charge in [0.2, 0.25) is 5.91 Å². The monoisotopic (exact) mass is 201 g/mol. The van der Waals surface area contributed by atoms with Crippen molar-refractivity contribution < 1.29 is 4.79 Å². The molecular weight excluding hydrogens is 182 g/mol. The molecule has 0 radical (unpaired) electrons. The molecule has 0 heterocycles. The Morgan fingerprint density at radius 3 is 2.38 bits per heavy atom. The van der Waals surface area contributed by atoms with Crippen molar-refractivity contribution in [3.8, 4) is 0 Å². The molecule has 1 amide bonds. The Bertz CT molecular complexity index is 213. The van der Waals surface area contributed by atoms with E-state index in [4.69, 9.17) is 0 Å². The maximum Gasteiger partial charge on any atom is 0.235 e. The second kappa shape index (κ2) is 3.52. The molecule has 0 N–H and O–H groups in total. The maximum atomic E-state index is 11.6. The minimum atomic E-state index is -0.179. The van der Waals surface area contributed by atoms with E-state index in [2.05, 4.69) is 26.5 Å². The molecule has 0 aromatic rings. The first kappa shape index (κ1) is 10.9. The molecule has 0 aromatic heterocycles. The molecule has 1 aliphatic rings. The highest BCUT2D eigenvalue weighted by Gasteiger charge is 2.42. The number of hydrogen-bond donors (Lipinski definition) is 1. The molecule has 0 spiro atoms. The van der Waals surface area contributed by atoms with Crippen LogP contribution < -0.4 is 0 Å². The lowest BCUT2D eigenvalue weighted by molar-refractivity contribution is -0.137. The number of amides is 1. The Hall–Kier alpha value is -0.180. The zero-order valence-corrected chi connectivity index (χ0v) is 9.77. The van der Waals surface area contributed by atoms with Crippen LogP contribution >= 0.6 is 12.6 Å². The summed E-state index contributed by atoms with van der Waals surface area (Å²) in [7, 11) is 1.89. The van der Waals surface area contributed by atoms with Crippen molar-refractivity contribution in [3.63, 3.8) is 0 Å². The topological polar surface area (TPSA) is 20.3 Å². The van der Waals surface area contributed by atoms with Crippen LogP contribution in [0.4, 0.5) is 0 Å². The number of rotatable bonds is 2. The van der Waals surface area contributed by atoms with Crippen LogP contribution in [-0.2, 0) is 4.79 Å². The van der Waals surface area contributed by atoms with Crippen LogP contribution in [0.15, 0.2) is 0 Å². The van der Waals surface area contributed by atoms with E-state index in [9.17, 15) is 4.79 Å². The molecule has 1 aliphatic carbocycles. The van der Waals surface area contributed by atoms with Gasteiger partial charge in [0, 0.05) is 13.1 Å². The third-order valence-corrected chi connectivity index (χ3v) is 3.36. The van der Waals surface area contributed by atoms with Crippen molar-refractivity contribution in [3.05, 3.63) is 0 Å². The molecule has 1 rings (SSSR count). The normalized spacial score (nSPS) is 27.6. The summed E-state index contributed by atoms with van der Waals surface area (Å²) in [6.07, 6.45) is 2.35. The van der Waals surface area contributed by atoms with E-state index in [1.165, 1.54) is 6.42 Å². The number of nitrogens with zero attached hydrogens (tertiary/aromatic N) is 1. The smallest absolute Gasteiger partial charge is 0.235 e. The minimum absolute atomic E-state index is 0.140. The van der Waals surface area contributed by atoms with Gasteiger partial charge in [0.05, 0.1) is 5.25 Å². The molecule has 0 aromatic carbocycles. The quantitative estimate of drug-likeness (QED) is 0.677. The molecule has 0 bridgehead atoms. The zero-order chi connectivity index (χ0) is 10.2. The SMILES string of the molecule is CC(S)C(=O)N(C)C1CCC1(C)C. The van der Waals surface area contributed by atoms with E-state index in [0.717, 1.165) is 6.42 Å². The molecular formula is C10H19NOS. The van der Waals surface area contributed by atoms with Gasteiger partial charge in [-0.1, -0.05) is 13.8 Å². The van der Waals surface area contributed by atoms with Crippen LogP contribution in [0.2, 0.25) is 0 Å². The highest BCUT2D eigenvalue weighted by Crippen LogP contribution is 2.43. The number of thiol groups is 1. The highest BCUT2D eigenvalue weighted by atomic mass is 32.1. The van der Waals surface area contributed by atoms with Crippen LogP contribution in [0.3, 0.4) is 0 Å². The average Bonchev–Trinajstić information content (AvgIpc) is 2.01. The molecule has 1 fully saturated rings. The van der Waals surface area contributed by atoms with Crippen molar-refractivity contribution >= 4 is 18.5 Å². The van der Waals surface area contributed by atoms with E-state index in [-0.39, 0.29) is 11.2 Å². The number of hydrogen-bond acceptors (Lipinski definition) is 2. The lowest BCUT2D eigenvalue weighted by Crippen LogP contribution is -2.54. The Balaban J connectivity index is 2.58. The largest absolute Gasteiger partial charge is 0.341 e. The lowest BCUT2D eigenvalue weighted by atomic mass is 9.66. The van der Waals surface area contributed by atoms with Crippen molar-refractivity contribution in [2.45, 2.75) is 44.9 Å². The maximum absolute atomic E-state index is 11.6. The Labute approximate surface area is 86.1 Å². The van der Waals surface area contributed by atoms with Crippen molar-refractivity contribution in [2.75, 3.05) is 7.05 Å². The lowest BCUT2D eigenvalue weighted by Gasteiger charge is -2.49. The second-order valence-corrected chi connectivity index (χ2v) is 5.44. The molecule has 2 nitrogen and oxygen atoms in total. The fraction of sp³-hybridized carbons (Fsp3) is 0.900. The first-order chi connectivity index (χ1) is 5.86. The van der Waals surface area contributed by atoms with Gasteiger partial charge >= 0.3 is 0 Å². The van der Waals surface area contributed by atoms with Gasteiger partial charge in [-0.2, -0.15) is 12.6 Å². The summed E-state index contributed by atoms with van der Waals surface area (Å²) in [6, 6.07) is 0.412. The van der Waals surface area contributed by atoms with E-state index in [1.807, 2.05) is 18.9 Å². The van der Waals surface area contributed by atoms with Gasteiger partial charge in [-0.25, -0.2) is 0 Å². The zero-order valence-electron chi connectivity index (χ0n) is 8.87. The van der Waals surface area contributed by atoms with E-state index in [1.54, 1.807) is 0 Å². The van der Waals surface area contributed by atoms with Gasteiger partial charge in [-0.3, -0.25) is 4.79 Å². The van der Waals surface area contributed by atoms with Crippen LogP contribution in [0.5, 0.6) is 0 Å². The molecule has 76 valence electrons. The number of carbonyl (C=O) groups excluding carboxylic acids is 1. The van der Waals surface area contributed by atoms with Crippen LogP contribution in [-0.4, -0.2) is 29.1 Å². The predicted molar refractivity (Wildman–Crippen MR) is 58.0 cm³/mol. The summed E-state index contributed by atoms with van der Waals surface area (Å²) in [6.45, 7) is 6.26. The Morgan fingerprint density at radius 2 is 2.15 bits per heavy atom. The third kappa shape index (κ3) is 2.01. The number of carbonyl (C=O) groups is 1. The minimum Gasteiger partial charge on any atom is -0.341 e. The van der Waals surface area contributed by atoms with Crippen molar-refractivity contribution in [1.82, 2.24) is 4.90 Å². The van der Waals surface area contributed by atoms with Gasteiger partial charge in [-0.05, 0) is 25.2 Å². The second-order valence-electron chi connectivity index (χ2n) is 4.67. The standard InChI is InChI=1S/C10H19NOS/c1-7(13)9(12)11(4)8-5-6-10(8,2)3/h7-8,13H,5-6H2,1-4H3. The molecule has 0 saturated heterocycles. The fourth-order valence-electron chi connectivity index (χ4n) is 2.02. The first-order valence-corrected chi connectivity index (χ1v) is 5.32. The summed E-state index contributed by atoms with van der Waals surface area (Å²) < 4.78 is 0. The summed E-state index contributed by atoms with van der Waals surface area (Å²) in [5.74, 6) is 0.140. The Morgan fingerprint density at radius 1 is 1.62 bits per heavy atom. The molecule has 13 heavy (non-hydrogen) atoms. The summed E-state index contributed by atoms with van der Waals surface area (Å²) >= 11 is 4.16. The van der Waals surface area contributed by atoms with Gasteiger partial charge in [0.25, 0.3) is 0 Å². The average molecular weight is 201 g/mol. The molecule has 2 unspecified atom stereocenters. The summed E-state index contributed by atoms with van der Waals surface area (Å²) in [4.78, 5) is 13.5.